The van der Waals surface area contributed by atoms with E-state index in [0.717, 1.165) is 30.8 Å². The van der Waals surface area contributed by atoms with Crippen molar-refractivity contribution in [2.45, 2.75) is 25.2 Å². The average molecular weight is 292 g/mol. The van der Waals surface area contributed by atoms with Crippen LogP contribution in [0.2, 0.25) is 0 Å². The van der Waals surface area contributed by atoms with Crippen molar-refractivity contribution >= 4 is 5.78 Å². The van der Waals surface area contributed by atoms with Crippen molar-refractivity contribution in [3.8, 4) is 0 Å². The summed E-state index contributed by atoms with van der Waals surface area (Å²) in [5.74, 6) is 0.497. The first-order valence-corrected chi connectivity index (χ1v) is 7.73. The minimum Gasteiger partial charge on any atom is -0.388 e. The number of aromatic nitrogens is 1. The first-order valence-electron chi connectivity index (χ1n) is 7.73. The molecule has 1 N–H and O–H groups in total. The van der Waals surface area contributed by atoms with E-state index in [-0.39, 0.29) is 11.7 Å². The zero-order valence-corrected chi connectivity index (χ0v) is 12.5. The number of benzene rings is 1. The van der Waals surface area contributed by atoms with Crippen LogP contribution in [0.4, 0.5) is 0 Å². The van der Waals surface area contributed by atoms with E-state index in [4.69, 9.17) is 0 Å². The van der Waals surface area contributed by atoms with Gasteiger partial charge in [0.25, 0.3) is 0 Å². The topological polar surface area (TPSA) is 42.0 Å². The van der Waals surface area contributed by atoms with E-state index in [0.29, 0.717) is 6.42 Å². The Labute approximate surface area is 131 Å². The second kappa shape index (κ2) is 7.03. The standard InChI is InChI=1S/C19H20N2O/c22-19-13-16(15-6-2-1-3-7-15)12-18(14-19)21-11-9-17-8-4-5-10-20-17/h1-8,10,14,16,21H,9,11-13H2. The van der Waals surface area contributed by atoms with Crippen LogP contribution in [-0.2, 0) is 11.2 Å². The van der Waals surface area contributed by atoms with Gasteiger partial charge >= 0.3 is 0 Å². The molecule has 1 aliphatic carbocycles. The summed E-state index contributed by atoms with van der Waals surface area (Å²) in [6, 6.07) is 16.2. The Morgan fingerprint density at radius 1 is 1.05 bits per heavy atom. The third-order valence-corrected chi connectivity index (χ3v) is 3.98. The molecule has 1 aromatic heterocycles. The van der Waals surface area contributed by atoms with E-state index in [1.165, 1.54) is 5.56 Å². The summed E-state index contributed by atoms with van der Waals surface area (Å²) in [5, 5.41) is 3.40. The number of nitrogens with zero attached hydrogens (tertiary/aromatic N) is 1. The number of rotatable bonds is 5. The van der Waals surface area contributed by atoms with E-state index in [2.05, 4.69) is 22.4 Å². The van der Waals surface area contributed by atoms with Gasteiger partial charge in [-0.15, -0.1) is 0 Å². The Hall–Kier alpha value is -2.42. The fourth-order valence-electron chi connectivity index (χ4n) is 2.87. The third-order valence-electron chi connectivity index (χ3n) is 3.98. The molecule has 3 nitrogen and oxygen atoms in total. The van der Waals surface area contributed by atoms with Crippen LogP contribution in [-0.4, -0.2) is 17.3 Å². The van der Waals surface area contributed by atoms with Crippen molar-refractivity contribution in [3.63, 3.8) is 0 Å². The molecular weight excluding hydrogens is 272 g/mol. The third kappa shape index (κ3) is 3.82. The van der Waals surface area contributed by atoms with Crippen LogP contribution in [0, 0.1) is 0 Å². The highest BCUT2D eigenvalue weighted by Gasteiger charge is 2.21. The minimum absolute atomic E-state index is 0.209. The lowest BCUT2D eigenvalue weighted by molar-refractivity contribution is -0.115. The van der Waals surface area contributed by atoms with Crippen LogP contribution in [0.5, 0.6) is 0 Å². The highest BCUT2D eigenvalue weighted by atomic mass is 16.1. The molecule has 0 fully saturated rings. The van der Waals surface area contributed by atoms with Gasteiger partial charge < -0.3 is 5.32 Å². The number of allylic oxidation sites excluding steroid dienone is 2. The Morgan fingerprint density at radius 2 is 1.86 bits per heavy atom. The molecule has 3 heteroatoms. The number of carbonyl (C=O) groups excluding carboxylic acids is 1. The zero-order chi connectivity index (χ0) is 15.2. The van der Waals surface area contributed by atoms with Gasteiger partial charge in [-0.25, -0.2) is 0 Å². The molecule has 1 unspecified atom stereocenters. The Kier molecular flexibility index (Phi) is 4.64. The van der Waals surface area contributed by atoms with Crippen LogP contribution in [0.1, 0.15) is 30.0 Å². The van der Waals surface area contributed by atoms with Crippen molar-refractivity contribution in [2.75, 3.05) is 6.54 Å². The van der Waals surface area contributed by atoms with Gasteiger partial charge in [-0.2, -0.15) is 0 Å². The van der Waals surface area contributed by atoms with Crippen molar-refractivity contribution < 1.29 is 4.79 Å². The molecule has 0 bridgehead atoms. The van der Waals surface area contributed by atoms with Gasteiger partial charge in [0.2, 0.25) is 0 Å². The summed E-state index contributed by atoms with van der Waals surface area (Å²) >= 11 is 0. The van der Waals surface area contributed by atoms with Crippen LogP contribution in [0.25, 0.3) is 0 Å². The molecule has 22 heavy (non-hydrogen) atoms. The SMILES string of the molecule is O=C1C=C(NCCc2ccccn2)CC(c2ccccc2)C1. The predicted molar refractivity (Wildman–Crippen MR) is 87.5 cm³/mol. The molecule has 0 saturated heterocycles. The van der Waals surface area contributed by atoms with E-state index in [1.54, 1.807) is 6.08 Å². The van der Waals surface area contributed by atoms with Gasteiger partial charge in [-0.3, -0.25) is 9.78 Å². The maximum atomic E-state index is 12.0. The highest BCUT2D eigenvalue weighted by Crippen LogP contribution is 2.30. The van der Waals surface area contributed by atoms with Gasteiger partial charge in [0.15, 0.2) is 5.78 Å². The largest absolute Gasteiger partial charge is 0.388 e. The number of hydrogen-bond acceptors (Lipinski definition) is 3. The number of ketones is 1. The summed E-state index contributed by atoms with van der Waals surface area (Å²) in [6.07, 6.45) is 5.94. The first-order chi connectivity index (χ1) is 10.8. The molecule has 0 amide bonds. The Balaban J connectivity index is 1.58. The molecule has 2 aromatic rings. The zero-order valence-electron chi connectivity index (χ0n) is 12.5. The van der Waals surface area contributed by atoms with Crippen molar-refractivity contribution in [3.05, 3.63) is 77.8 Å². The molecule has 3 rings (SSSR count). The summed E-state index contributed by atoms with van der Waals surface area (Å²) < 4.78 is 0. The molecule has 1 heterocycles. The molecular formula is C19H20N2O. The van der Waals surface area contributed by atoms with Crippen molar-refractivity contribution in [2.24, 2.45) is 0 Å². The van der Waals surface area contributed by atoms with Gasteiger partial charge in [0.1, 0.15) is 0 Å². The minimum atomic E-state index is 0.209. The monoisotopic (exact) mass is 292 g/mol. The first kappa shape index (κ1) is 14.5. The van der Waals surface area contributed by atoms with Crippen LogP contribution in [0.3, 0.4) is 0 Å². The summed E-state index contributed by atoms with van der Waals surface area (Å²) in [5.41, 5.74) is 3.35. The average Bonchev–Trinajstić information content (AvgIpc) is 2.56. The van der Waals surface area contributed by atoms with Crippen molar-refractivity contribution in [1.82, 2.24) is 10.3 Å². The normalized spacial score (nSPS) is 17.9. The lowest BCUT2D eigenvalue weighted by Gasteiger charge is -2.23. The number of carbonyl (C=O) groups is 1. The molecule has 1 aliphatic rings. The highest BCUT2D eigenvalue weighted by molar-refractivity contribution is 5.91. The lowest BCUT2D eigenvalue weighted by Crippen LogP contribution is -2.24. The molecule has 1 atom stereocenters. The molecule has 0 saturated carbocycles. The van der Waals surface area contributed by atoms with Crippen LogP contribution >= 0.6 is 0 Å². The summed E-state index contributed by atoms with van der Waals surface area (Å²) in [4.78, 5) is 16.3. The van der Waals surface area contributed by atoms with E-state index in [1.807, 2.05) is 42.6 Å². The number of hydrogen-bond donors (Lipinski definition) is 1. The fraction of sp³-hybridized carbons (Fsp3) is 0.263. The second-order valence-electron chi connectivity index (χ2n) is 5.65. The molecule has 0 spiro atoms. The summed E-state index contributed by atoms with van der Waals surface area (Å²) in [6.45, 7) is 0.803. The predicted octanol–water partition coefficient (Wildman–Crippen LogP) is 3.24. The molecule has 0 aliphatic heterocycles. The van der Waals surface area contributed by atoms with Gasteiger partial charge in [-0.05, 0) is 30.0 Å². The molecule has 0 radical (unpaired) electrons. The maximum Gasteiger partial charge on any atom is 0.158 e. The lowest BCUT2D eigenvalue weighted by atomic mass is 9.85. The summed E-state index contributed by atoms with van der Waals surface area (Å²) in [7, 11) is 0. The second-order valence-corrected chi connectivity index (χ2v) is 5.65. The number of nitrogens with one attached hydrogen (secondary N) is 1. The van der Waals surface area contributed by atoms with Crippen LogP contribution in [0.15, 0.2) is 66.5 Å². The molecule has 112 valence electrons. The fourth-order valence-corrected chi connectivity index (χ4v) is 2.87. The Bertz CT molecular complexity index is 650. The van der Waals surface area contributed by atoms with Crippen molar-refractivity contribution in [1.29, 1.82) is 0 Å². The van der Waals surface area contributed by atoms with Gasteiger partial charge in [-0.1, -0.05) is 36.4 Å². The quantitative estimate of drug-likeness (QED) is 0.920. The maximum absolute atomic E-state index is 12.0. The Morgan fingerprint density at radius 3 is 2.64 bits per heavy atom. The smallest absolute Gasteiger partial charge is 0.158 e. The number of pyridine rings is 1. The van der Waals surface area contributed by atoms with E-state index >= 15 is 0 Å². The van der Waals surface area contributed by atoms with E-state index in [9.17, 15) is 4.79 Å². The van der Waals surface area contributed by atoms with Crippen LogP contribution < -0.4 is 5.32 Å². The molecule has 1 aromatic carbocycles. The van der Waals surface area contributed by atoms with Gasteiger partial charge in [0, 0.05) is 43.1 Å². The van der Waals surface area contributed by atoms with Gasteiger partial charge in [0.05, 0.1) is 0 Å². The van der Waals surface area contributed by atoms with E-state index < -0.39 is 0 Å².